The van der Waals surface area contributed by atoms with Crippen LogP contribution in [0.25, 0.3) is 0 Å². The number of hydrogen-bond donors (Lipinski definition) is 1. The number of aromatic nitrogens is 1. The number of nitrogens with zero attached hydrogens (tertiary/aromatic N) is 4. The topological polar surface area (TPSA) is 62.2 Å². The number of halogens is 1. The van der Waals surface area contributed by atoms with E-state index in [1.807, 2.05) is 18.3 Å². The molecule has 2 fully saturated rings. The van der Waals surface area contributed by atoms with Crippen molar-refractivity contribution in [2.24, 2.45) is 4.99 Å². The van der Waals surface area contributed by atoms with E-state index in [4.69, 9.17) is 14.5 Å². The van der Waals surface area contributed by atoms with Crippen molar-refractivity contribution < 1.29 is 9.47 Å². The zero-order chi connectivity index (χ0) is 18.2. The summed E-state index contributed by atoms with van der Waals surface area (Å²) in [6, 6.07) is 6.46. The molecular formula is C19H32BrN5O2. The van der Waals surface area contributed by atoms with Gasteiger partial charge in [0.1, 0.15) is 11.9 Å². The quantitative estimate of drug-likeness (QED) is 0.556. The maximum Gasteiger partial charge on any atom is 0.194 e. The van der Waals surface area contributed by atoms with E-state index in [-0.39, 0.29) is 23.1 Å². The number of piperazine rings is 1. The minimum absolute atomic E-state index is 0. The lowest BCUT2D eigenvalue weighted by Gasteiger charge is -2.38. The number of guanidine groups is 1. The number of hydrogen-bond acceptors (Lipinski definition) is 5. The molecule has 2 unspecified atom stereocenters. The van der Waals surface area contributed by atoms with Gasteiger partial charge >= 0.3 is 0 Å². The van der Waals surface area contributed by atoms with Crippen LogP contribution in [-0.2, 0) is 9.47 Å². The normalized spacial score (nSPS) is 22.1. The van der Waals surface area contributed by atoms with E-state index >= 15 is 0 Å². The summed E-state index contributed by atoms with van der Waals surface area (Å²) in [6.45, 7) is 10.8. The molecular weight excluding hydrogens is 410 g/mol. The Morgan fingerprint density at radius 1 is 1.30 bits per heavy atom. The summed E-state index contributed by atoms with van der Waals surface area (Å²) in [7, 11) is 0. The van der Waals surface area contributed by atoms with Crippen molar-refractivity contribution in [2.75, 3.05) is 57.4 Å². The molecule has 0 bridgehead atoms. The van der Waals surface area contributed by atoms with Crippen molar-refractivity contribution in [1.29, 1.82) is 0 Å². The Balaban J connectivity index is 0.00000261. The molecule has 1 aromatic heterocycles. The predicted molar refractivity (Wildman–Crippen MR) is 114 cm³/mol. The summed E-state index contributed by atoms with van der Waals surface area (Å²) in [5, 5.41) is 3.58. The molecule has 8 heteroatoms. The van der Waals surface area contributed by atoms with Gasteiger partial charge in [0, 0.05) is 38.4 Å². The van der Waals surface area contributed by atoms with Crippen LogP contribution < -0.4 is 10.2 Å². The fourth-order valence-electron chi connectivity index (χ4n) is 3.08. The zero-order valence-electron chi connectivity index (χ0n) is 16.3. The van der Waals surface area contributed by atoms with Gasteiger partial charge in [-0.25, -0.2) is 4.98 Å². The molecule has 7 nitrogen and oxygen atoms in total. The Kier molecular flexibility index (Phi) is 9.30. The van der Waals surface area contributed by atoms with Crippen molar-refractivity contribution in [2.45, 2.75) is 32.4 Å². The first-order valence-corrected chi connectivity index (χ1v) is 9.67. The largest absolute Gasteiger partial charge is 0.376 e. The highest BCUT2D eigenvalue weighted by Crippen LogP contribution is 2.13. The summed E-state index contributed by atoms with van der Waals surface area (Å²) in [6.07, 6.45) is 2.98. The van der Waals surface area contributed by atoms with Crippen LogP contribution in [-0.4, -0.2) is 80.5 Å². The van der Waals surface area contributed by atoms with Crippen LogP contribution in [0.3, 0.4) is 0 Å². The summed E-state index contributed by atoms with van der Waals surface area (Å²) >= 11 is 0. The maximum absolute atomic E-state index is 5.73. The molecule has 0 saturated carbocycles. The van der Waals surface area contributed by atoms with Crippen LogP contribution in [0.1, 0.15) is 20.3 Å². The van der Waals surface area contributed by atoms with E-state index < -0.39 is 0 Å². The first kappa shape index (κ1) is 21.9. The zero-order valence-corrected chi connectivity index (χ0v) is 18.1. The third-order valence-corrected chi connectivity index (χ3v) is 4.87. The number of ether oxygens (including phenoxy) is 2. The Bertz CT molecular complexity index is 560. The van der Waals surface area contributed by atoms with Crippen LogP contribution in [0.5, 0.6) is 0 Å². The molecule has 1 aromatic rings. The van der Waals surface area contributed by atoms with Crippen molar-refractivity contribution in [3.8, 4) is 0 Å². The molecule has 2 saturated heterocycles. The Labute approximate surface area is 172 Å². The molecule has 0 amide bonds. The van der Waals surface area contributed by atoms with Crippen LogP contribution >= 0.6 is 17.0 Å². The number of anilines is 1. The molecule has 2 aliphatic heterocycles. The van der Waals surface area contributed by atoms with Gasteiger partial charge in [0.15, 0.2) is 5.96 Å². The molecule has 3 rings (SSSR count). The smallest absolute Gasteiger partial charge is 0.194 e. The van der Waals surface area contributed by atoms with E-state index in [1.165, 1.54) is 0 Å². The molecule has 0 spiro atoms. The molecule has 2 aliphatic rings. The lowest BCUT2D eigenvalue weighted by atomic mass is 10.2. The lowest BCUT2D eigenvalue weighted by molar-refractivity contribution is -0.0833. The van der Waals surface area contributed by atoms with E-state index in [9.17, 15) is 0 Å². The standard InChI is InChI=1S/C19H31N5O2.BrH/c1-3-16(2)22-19(21-14-17-15-25-12-13-26-17)24-10-8-23(9-11-24)18-6-4-5-7-20-18;/h4-7,16-17H,3,8-15H2,1-2H3,(H,21,22);1H. The Morgan fingerprint density at radius 3 is 2.74 bits per heavy atom. The first-order chi connectivity index (χ1) is 12.8. The maximum atomic E-state index is 5.73. The highest BCUT2D eigenvalue weighted by Gasteiger charge is 2.22. The SMILES string of the molecule is Br.CCC(C)NC(=NCC1COCCO1)N1CCN(c2ccccn2)CC1. The predicted octanol–water partition coefficient (Wildman–Crippen LogP) is 1.94. The minimum atomic E-state index is 0. The monoisotopic (exact) mass is 441 g/mol. The Hall–Kier alpha value is -1.38. The van der Waals surface area contributed by atoms with Gasteiger partial charge in [-0.1, -0.05) is 13.0 Å². The summed E-state index contributed by atoms with van der Waals surface area (Å²) in [4.78, 5) is 14.0. The second-order valence-electron chi connectivity index (χ2n) is 6.85. The van der Waals surface area contributed by atoms with E-state index in [0.29, 0.717) is 32.4 Å². The fraction of sp³-hybridized carbons (Fsp3) is 0.684. The number of aliphatic imine (C=N–C) groups is 1. The first-order valence-electron chi connectivity index (χ1n) is 9.67. The van der Waals surface area contributed by atoms with E-state index in [1.54, 1.807) is 0 Å². The average molecular weight is 442 g/mol. The van der Waals surface area contributed by atoms with Crippen LogP contribution in [0.2, 0.25) is 0 Å². The number of pyridine rings is 1. The molecule has 0 aliphatic carbocycles. The molecule has 2 atom stereocenters. The molecule has 27 heavy (non-hydrogen) atoms. The molecule has 3 heterocycles. The summed E-state index contributed by atoms with van der Waals surface area (Å²) in [5.41, 5.74) is 0. The lowest BCUT2D eigenvalue weighted by Crippen LogP contribution is -2.54. The molecule has 0 radical (unpaired) electrons. The highest BCUT2D eigenvalue weighted by atomic mass is 79.9. The fourth-order valence-corrected chi connectivity index (χ4v) is 3.08. The van der Waals surface area contributed by atoms with Gasteiger partial charge in [-0.3, -0.25) is 4.99 Å². The van der Waals surface area contributed by atoms with Gasteiger partial charge in [0.25, 0.3) is 0 Å². The van der Waals surface area contributed by atoms with Gasteiger partial charge in [-0.05, 0) is 25.5 Å². The van der Waals surface area contributed by atoms with E-state index in [2.05, 4.69) is 40.0 Å². The van der Waals surface area contributed by atoms with Crippen LogP contribution in [0.15, 0.2) is 29.4 Å². The summed E-state index contributed by atoms with van der Waals surface area (Å²) < 4.78 is 11.2. The number of rotatable bonds is 5. The summed E-state index contributed by atoms with van der Waals surface area (Å²) in [5.74, 6) is 2.03. The third-order valence-electron chi connectivity index (χ3n) is 4.87. The number of nitrogens with one attached hydrogen (secondary N) is 1. The van der Waals surface area contributed by atoms with Crippen molar-refractivity contribution in [3.63, 3.8) is 0 Å². The van der Waals surface area contributed by atoms with Crippen molar-refractivity contribution in [3.05, 3.63) is 24.4 Å². The van der Waals surface area contributed by atoms with Gasteiger partial charge < -0.3 is 24.6 Å². The van der Waals surface area contributed by atoms with Gasteiger partial charge in [-0.15, -0.1) is 17.0 Å². The average Bonchev–Trinajstić information content (AvgIpc) is 2.72. The minimum Gasteiger partial charge on any atom is -0.376 e. The van der Waals surface area contributed by atoms with Gasteiger partial charge in [0.2, 0.25) is 0 Å². The molecule has 0 aromatic carbocycles. The van der Waals surface area contributed by atoms with Crippen molar-refractivity contribution >= 4 is 28.8 Å². The van der Waals surface area contributed by atoms with Gasteiger partial charge in [0.05, 0.1) is 26.4 Å². The molecule has 152 valence electrons. The van der Waals surface area contributed by atoms with E-state index in [0.717, 1.165) is 44.4 Å². The Morgan fingerprint density at radius 2 is 2.11 bits per heavy atom. The van der Waals surface area contributed by atoms with Gasteiger partial charge in [-0.2, -0.15) is 0 Å². The third kappa shape index (κ3) is 6.62. The molecule has 1 N–H and O–H groups in total. The second kappa shape index (κ2) is 11.5. The van der Waals surface area contributed by atoms with Crippen LogP contribution in [0.4, 0.5) is 5.82 Å². The van der Waals surface area contributed by atoms with Crippen LogP contribution in [0, 0.1) is 0 Å². The highest BCUT2D eigenvalue weighted by molar-refractivity contribution is 8.93. The van der Waals surface area contributed by atoms with Crippen molar-refractivity contribution in [1.82, 2.24) is 15.2 Å². The second-order valence-corrected chi connectivity index (χ2v) is 6.85.